The minimum Gasteiger partial charge on any atom is -0.447 e. The largest absolute Gasteiger partial charge is 0.447 e. The van der Waals surface area contributed by atoms with Crippen molar-refractivity contribution in [1.82, 2.24) is 10.3 Å². The van der Waals surface area contributed by atoms with Gasteiger partial charge in [-0.15, -0.1) is 0 Å². The van der Waals surface area contributed by atoms with Crippen LogP contribution < -0.4 is 10.5 Å². The third-order valence-electron chi connectivity index (χ3n) is 2.53. The van der Waals surface area contributed by atoms with Crippen molar-refractivity contribution < 1.29 is 12.8 Å². The van der Waals surface area contributed by atoms with E-state index in [9.17, 15) is 8.42 Å². The lowest BCUT2D eigenvalue weighted by atomic mass is 10.2. The number of hydrogen-bond donors (Lipinski definition) is 2. The summed E-state index contributed by atoms with van der Waals surface area (Å²) in [7, 11) is -3.76. The molecular formula is C12H15N3O3S. The molecule has 0 aliphatic rings. The first-order chi connectivity index (χ1) is 9.05. The van der Waals surface area contributed by atoms with Crippen molar-refractivity contribution in [3.05, 3.63) is 48.0 Å². The van der Waals surface area contributed by atoms with Crippen LogP contribution in [-0.2, 0) is 23.0 Å². The molecule has 0 fully saturated rings. The summed E-state index contributed by atoms with van der Waals surface area (Å²) in [5.74, 6) is 0.537. The van der Waals surface area contributed by atoms with Crippen molar-refractivity contribution in [1.29, 1.82) is 0 Å². The second kappa shape index (κ2) is 5.96. The Morgan fingerprint density at radius 2 is 2.16 bits per heavy atom. The maximum Gasteiger partial charge on any atom is 0.271 e. The van der Waals surface area contributed by atoms with Gasteiger partial charge in [-0.05, 0) is 36.7 Å². The topological polar surface area (TPSA) is 98.2 Å². The van der Waals surface area contributed by atoms with Gasteiger partial charge in [0, 0.05) is 12.4 Å². The van der Waals surface area contributed by atoms with E-state index in [0.717, 1.165) is 18.5 Å². The van der Waals surface area contributed by atoms with Crippen LogP contribution in [0.5, 0.6) is 0 Å². The summed E-state index contributed by atoms with van der Waals surface area (Å²) in [5, 5.41) is 7.90. The summed E-state index contributed by atoms with van der Waals surface area (Å²) in [6.07, 6.45) is 4.39. The van der Waals surface area contributed by atoms with Gasteiger partial charge >= 0.3 is 0 Å². The highest BCUT2D eigenvalue weighted by Gasteiger charge is 2.12. The highest BCUT2D eigenvalue weighted by Crippen LogP contribution is 2.11. The van der Waals surface area contributed by atoms with Crippen molar-refractivity contribution in [3.8, 4) is 0 Å². The molecule has 0 atom stereocenters. The summed E-state index contributed by atoms with van der Waals surface area (Å²) < 4.78 is 27.1. The Kier molecular flexibility index (Phi) is 4.31. The molecule has 0 amide bonds. The van der Waals surface area contributed by atoms with Gasteiger partial charge in [-0.1, -0.05) is 6.07 Å². The molecule has 7 heteroatoms. The van der Waals surface area contributed by atoms with E-state index in [1.165, 1.54) is 6.07 Å². The maximum atomic E-state index is 11.0. The minimum absolute atomic E-state index is 0.212. The lowest BCUT2D eigenvalue weighted by Crippen LogP contribution is -2.16. The van der Waals surface area contributed by atoms with Gasteiger partial charge in [0.1, 0.15) is 5.76 Å². The third kappa shape index (κ3) is 4.16. The summed E-state index contributed by atoms with van der Waals surface area (Å²) >= 11 is 0. The number of nitrogens with zero attached hydrogens (tertiary/aromatic N) is 1. The van der Waals surface area contributed by atoms with Gasteiger partial charge in [0.2, 0.25) is 5.09 Å². The molecule has 3 N–H and O–H groups in total. The smallest absolute Gasteiger partial charge is 0.271 e. The number of nitrogens with two attached hydrogens (primary N) is 1. The molecule has 19 heavy (non-hydrogen) atoms. The molecule has 0 spiro atoms. The van der Waals surface area contributed by atoms with Crippen LogP contribution in [-0.4, -0.2) is 19.9 Å². The van der Waals surface area contributed by atoms with Crippen LogP contribution in [0.1, 0.15) is 11.3 Å². The number of primary sulfonamides is 1. The fraction of sp³-hybridized carbons (Fsp3) is 0.250. The molecule has 0 unspecified atom stereocenters. The van der Waals surface area contributed by atoms with Crippen LogP contribution in [0.3, 0.4) is 0 Å². The number of pyridine rings is 1. The molecular weight excluding hydrogens is 266 g/mol. The lowest BCUT2D eigenvalue weighted by Gasteiger charge is -2.02. The van der Waals surface area contributed by atoms with Crippen LogP contribution in [0.4, 0.5) is 0 Å². The lowest BCUT2D eigenvalue weighted by molar-refractivity contribution is 0.403. The Labute approximate surface area is 111 Å². The van der Waals surface area contributed by atoms with E-state index < -0.39 is 10.0 Å². The zero-order valence-electron chi connectivity index (χ0n) is 10.2. The molecule has 2 rings (SSSR count). The predicted molar refractivity (Wildman–Crippen MR) is 69.7 cm³/mol. The molecule has 0 aromatic carbocycles. The number of sulfonamides is 1. The predicted octanol–water partition coefficient (Wildman–Crippen LogP) is 0.654. The molecule has 0 saturated carbocycles. The molecule has 0 aliphatic carbocycles. The molecule has 0 bridgehead atoms. The molecule has 0 saturated heterocycles. The van der Waals surface area contributed by atoms with E-state index in [-0.39, 0.29) is 5.09 Å². The van der Waals surface area contributed by atoms with Gasteiger partial charge in [-0.3, -0.25) is 4.98 Å². The third-order valence-corrected chi connectivity index (χ3v) is 3.31. The number of aromatic nitrogens is 1. The Hall–Kier alpha value is -1.70. The normalized spacial score (nSPS) is 11.6. The molecule has 0 radical (unpaired) electrons. The Morgan fingerprint density at radius 1 is 1.32 bits per heavy atom. The Balaban J connectivity index is 1.79. The van der Waals surface area contributed by atoms with Crippen molar-refractivity contribution >= 4 is 10.0 Å². The van der Waals surface area contributed by atoms with Gasteiger partial charge in [0.15, 0.2) is 0 Å². The van der Waals surface area contributed by atoms with Crippen molar-refractivity contribution in [2.45, 2.75) is 18.1 Å². The van der Waals surface area contributed by atoms with E-state index >= 15 is 0 Å². The number of rotatable bonds is 6. The number of hydrogen-bond acceptors (Lipinski definition) is 5. The van der Waals surface area contributed by atoms with Crippen LogP contribution >= 0.6 is 0 Å². The van der Waals surface area contributed by atoms with E-state index in [2.05, 4.69) is 10.3 Å². The molecule has 6 nitrogen and oxygen atoms in total. The molecule has 0 aliphatic heterocycles. The van der Waals surface area contributed by atoms with E-state index in [1.54, 1.807) is 12.3 Å². The second-order valence-corrected chi connectivity index (χ2v) is 5.55. The molecule has 2 aromatic heterocycles. The van der Waals surface area contributed by atoms with Gasteiger partial charge in [0.25, 0.3) is 10.0 Å². The minimum atomic E-state index is -3.76. The zero-order valence-corrected chi connectivity index (χ0v) is 11.1. The van der Waals surface area contributed by atoms with E-state index in [0.29, 0.717) is 12.3 Å². The highest BCUT2D eigenvalue weighted by atomic mass is 32.2. The highest BCUT2D eigenvalue weighted by molar-refractivity contribution is 7.89. The van der Waals surface area contributed by atoms with E-state index in [4.69, 9.17) is 9.56 Å². The quantitative estimate of drug-likeness (QED) is 0.758. The summed E-state index contributed by atoms with van der Waals surface area (Å²) in [6.45, 7) is 1.20. The molecule has 2 aromatic rings. The molecule has 2 heterocycles. The van der Waals surface area contributed by atoms with E-state index in [1.807, 2.05) is 18.3 Å². The zero-order chi connectivity index (χ0) is 13.7. The van der Waals surface area contributed by atoms with Crippen LogP contribution in [0.25, 0.3) is 0 Å². The summed E-state index contributed by atoms with van der Waals surface area (Å²) in [6, 6.07) is 6.84. The Bertz CT molecular complexity index is 623. The summed E-state index contributed by atoms with van der Waals surface area (Å²) in [4.78, 5) is 4.03. The number of furan rings is 1. The van der Waals surface area contributed by atoms with Gasteiger partial charge in [0.05, 0.1) is 6.54 Å². The van der Waals surface area contributed by atoms with Crippen LogP contribution in [0, 0.1) is 0 Å². The van der Waals surface area contributed by atoms with Crippen LogP contribution in [0.15, 0.2) is 46.2 Å². The molecule has 102 valence electrons. The summed E-state index contributed by atoms with van der Waals surface area (Å²) in [5.41, 5.74) is 1.14. The Morgan fingerprint density at radius 3 is 2.79 bits per heavy atom. The maximum absolute atomic E-state index is 11.0. The second-order valence-electron chi connectivity index (χ2n) is 4.05. The van der Waals surface area contributed by atoms with Crippen molar-refractivity contribution in [3.63, 3.8) is 0 Å². The fourth-order valence-electron chi connectivity index (χ4n) is 1.60. The van der Waals surface area contributed by atoms with Crippen molar-refractivity contribution in [2.24, 2.45) is 5.14 Å². The average Bonchev–Trinajstić information content (AvgIpc) is 2.85. The first kappa shape index (κ1) is 13.7. The number of nitrogens with one attached hydrogen (secondary N) is 1. The first-order valence-corrected chi connectivity index (χ1v) is 7.31. The van der Waals surface area contributed by atoms with Crippen LogP contribution in [0.2, 0.25) is 0 Å². The standard InChI is InChI=1S/C12H15N3O3S/c13-19(16,17)12-4-3-11(18-12)9-15-7-5-10-2-1-6-14-8-10/h1-4,6,8,15H,5,7,9H2,(H2,13,16,17). The average molecular weight is 281 g/mol. The fourth-order valence-corrected chi connectivity index (χ4v) is 2.08. The van der Waals surface area contributed by atoms with Crippen molar-refractivity contribution in [2.75, 3.05) is 6.54 Å². The SMILES string of the molecule is NS(=O)(=O)c1ccc(CNCCc2cccnc2)o1. The van der Waals surface area contributed by atoms with Gasteiger partial charge < -0.3 is 9.73 Å². The van der Waals surface area contributed by atoms with Gasteiger partial charge in [-0.2, -0.15) is 0 Å². The van der Waals surface area contributed by atoms with Gasteiger partial charge in [-0.25, -0.2) is 13.6 Å². The monoisotopic (exact) mass is 281 g/mol. The first-order valence-electron chi connectivity index (χ1n) is 5.77.